The third-order valence-corrected chi connectivity index (χ3v) is 3.64. The molecule has 6 heteroatoms. The molecule has 20 heavy (non-hydrogen) atoms. The molecule has 0 N–H and O–H groups in total. The molecular formula is C14H11N3O2S. The van der Waals surface area contributed by atoms with Crippen molar-refractivity contribution in [3.63, 3.8) is 0 Å². The molecule has 2 heterocycles. The lowest BCUT2D eigenvalue weighted by Crippen LogP contribution is -2.27. The molecule has 0 saturated heterocycles. The molecule has 3 rings (SSSR count). The van der Waals surface area contributed by atoms with Crippen LogP contribution in [0.5, 0.6) is 0 Å². The maximum absolute atomic E-state index is 11.5. The van der Waals surface area contributed by atoms with Gasteiger partial charge in [-0.05, 0) is 17.8 Å². The second-order valence-corrected chi connectivity index (χ2v) is 5.03. The van der Waals surface area contributed by atoms with Crippen molar-refractivity contribution < 1.29 is 9.25 Å². The highest BCUT2D eigenvalue weighted by Gasteiger charge is 2.11. The summed E-state index contributed by atoms with van der Waals surface area (Å²) in [7, 11) is 0. The topological polar surface area (TPSA) is 65.9 Å². The predicted octanol–water partition coefficient (Wildman–Crippen LogP) is 2.66. The Morgan fingerprint density at radius 3 is 2.70 bits per heavy atom. The van der Waals surface area contributed by atoms with E-state index in [0.29, 0.717) is 22.5 Å². The maximum Gasteiger partial charge on any atom is 0.251 e. The van der Waals surface area contributed by atoms with Gasteiger partial charge in [0.15, 0.2) is 6.20 Å². The van der Waals surface area contributed by atoms with Crippen LogP contribution < -0.4 is 4.73 Å². The Bertz CT molecular complexity index is 700. The first kappa shape index (κ1) is 12.7. The molecule has 0 spiro atoms. The van der Waals surface area contributed by atoms with E-state index in [1.54, 1.807) is 12.1 Å². The van der Waals surface area contributed by atoms with Crippen molar-refractivity contribution in [3.8, 4) is 11.4 Å². The van der Waals surface area contributed by atoms with Crippen molar-refractivity contribution in [2.45, 2.75) is 10.8 Å². The number of hydrogen-bond donors (Lipinski definition) is 0. The Balaban J connectivity index is 1.71. The Labute approximate surface area is 119 Å². The summed E-state index contributed by atoms with van der Waals surface area (Å²) in [5.41, 5.74) is 0.908. The van der Waals surface area contributed by atoms with E-state index in [-0.39, 0.29) is 0 Å². The summed E-state index contributed by atoms with van der Waals surface area (Å²) in [5.74, 6) is 1.52. The van der Waals surface area contributed by atoms with Gasteiger partial charge in [-0.1, -0.05) is 35.5 Å². The van der Waals surface area contributed by atoms with Crippen LogP contribution in [0.2, 0.25) is 0 Å². The third kappa shape index (κ3) is 2.80. The number of rotatable bonds is 4. The first-order chi connectivity index (χ1) is 9.83. The molecule has 3 aromatic rings. The molecule has 1 aromatic carbocycles. The standard InChI is InChI=1S/C14H11N3O2S/c18-17-9-5-4-8-13(17)20-10-12-15-14(16-19-12)11-6-2-1-3-7-11/h1-9H,10H2. The van der Waals surface area contributed by atoms with Crippen LogP contribution in [-0.2, 0) is 5.75 Å². The fourth-order valence-corrected chi connectivity index (χ4v) is 2.43. The summed E-state index contributed by atoms with van der Waals surface area (Å²) in [5, 5.41) is 16.0. The van der Waals surface area contributed by atoms with Gasteiger partial charge in [0.1, 0.15) is 0 Å². The highest BCUT2D eigenvalue weighted by atomic mass is 32.2. The van der Waals surface area contributed by atoms with Gasteiger partial charge in [-0.3, -0.25) is 0 Å². The Kier molecular flexibility index (Phi) is 3.64. The quantitative estimate of drug-likeness (QED) is 0.419. The highest BCUT2D eigenvalue weighted by molar-refractivity contribution is 7.98. The van der Waals surface area contributed by atoms with Crippen LogP contribution in [0.25, 0.3) is 11.4 Å². The van der Waals surface area contributed by atoms with Crippen LogP contribution in [0.1, 0.15) is 5.89 Å². The molecule has 0 bridgehead atoms. The van der Waals surface area contributed by atoms with Crippen LogP contribution >= 0.6 is 11.8 Å². The van der Waals surface area contributed by atoms with Crippen LogP contribution in [-0.4, -0.2) is 10.1 Å². The summed E-state index contributed by atoms with van der Waals surface area (Å²) in [4.78, 5) is 4.32. The fourth-order valence-electron chi connectivity index (χ4n) is 1.68. The number of benzene rings is 1. The number of pyridine rings is 1. The van der Waals surface area contributed by atoms with Gasteiger partial charge in [0.2, 0.25) is 11.7 Å². The van der Waals surface area contributed by atoms with E-state index in [0.717, 1.165) is 10.3 Å². The van der Waals surface area contributed by atoms with Crippen molar-refractivity contribution in [1.82, 2.24) is 10.1 Å². The molecule has 0 radical (unpaired) electrons. The van der Waals surface area contributed by atoms with Crippen molar-refractivity contribution in [3.05, 3.63) is 65.8 Å². The molecule has 0 aliphatic rings. The van der Waals surface area contributed by atoms with E-state index in [1.807, 2.05) is 36.4 Å². The normalized spacial score (nSPS) is 10.6. The van der Waals surface area contributed by atoms with Crippen molar-refractivity contribution in [1.29, 1.82) is 0 Å². The van der Waals surface area contributed by atoms with Gasteiger partial charge in [-0.2, -0.15) is 9.71 Å². The summed E-state index contributed by atoms with van der Waals surface area (Å²) < 4.78 is 6.01. The molecule has 0 fully saturated rings. The third-order valence-electron chi connectivity index (χ3n) is 2.63. The fraction of sp³-hybridized carbons (Fsp3) is 0.0714. The Morgan fingerprint density at radius 1 is 1.10 bits per heavy atom. The second kappa shape index (κ2) is 5.75. The molecule has 5 nitrogen and oxygen atoms in total. The summed E-state index contributed by atoms with van der Waals surface area (Å²) in [6.07, 6.45) is 1.46. The molecule has 100 valence electrons. The maximum atomic E-state index is 11.5. The van der Waals surface area contributed by atoms with Crippen LogP contribution in [0.3, 0.4) is 0 Å². The van der Waals surface area contributed by atoms with Crippen LogP contribution in [0.15, 0.2) is 64.3 Å². The summed E-state index contributed by atoms with van der Waals surface area (Å²) >= 11 is 1.36. The largest absolute Gasteiger partial charge is 0.618 e. The Morgan fingerprint density at radius 2 is 1.90 bits per heavy atom. The lowest BCUT2D eigenvalue weighted by molar-refractivity contribution is -0.645. The van der Waals surface area contributed by atoms with Crippen molar-refractivity contribution in [2.24, 2.45) is 0 Å². The smallest absolute Gasteiger partial charge is 0.251 e. The minimum atomic E-state index is 0.464. The van der Waals surface area contributed by atoms with Gasteiger partial charge in [0.05, 0.1) is 5.75 Å². The highest BCUT2D eigenvalue weighted by Crippen LogP contribution is 2.20. The zero-order valence-electron chi connectivity index (χ0n) is 10.5. The van der Waals surface area contributed by atoms with Gasteiger partial charge >= 0.3 is 0 Å². The van der Waals surface area contributed by atoms with Gasteiger partial charge in [0, 0.05) is 17.7 Å². The van der Waals surface area contributed by atoms with Gasteiger partial charge in [-0.15, -0.1) is 0 Å². The Hall–Kier alpha value is -2.34. The van der Waals surface area contributed by atoms with Crippen LogP contribution in [0, 0.1) is 5.21 Å². The first-order valence-corrected chi connectivity index (χ1v) is 7.00. The zero-order valence-corrected chi connectivity index (χ0v) is 11.3. The minimum absolute atomic E-state index is 0.464. The predicted molar refractivity (Wildman–Crippen MR) is 74.7 cm³/mol. The second-order valence-electron chi connectivity index (χ2n) is 4.03. The lowest BCUT2D eigenvalue weighted by Gasteiger charge is -2.00. The minimum Gasteiger partial charge on any atom is -0.618 e. The van der Waals surface area contributed by atoms with Crippen molar-refractivity contribution >= 4 is 11.8 Å². The molecule has 0 aliphatic heterocycles. The van der Waals surface area contributed by atoms with E-state index in [9.17, 15) is 5.21 Å². The van der Waals surface area contributed by atoms with E-state index < -0.39 is 0 Å². The summed E-state index contributed by atoms with van der Waals surface area (Å²) in [6, 6.07) is 14.9. The van der Waals surface area contributed by atoms with Gasteiger partial charge in [0.25, 0.3) is 5.03 Å². The SMILES string of the molecule is [O-][n+]1ccccc1SCc1nc(-c2ccccc2)no1. The van der Waals surface area contributed by atoms with Crippen LogP contribution in [0.4, 0.5) is 0 Å². The monoisotopic (exact) mass is 285 g/mol. The van der Waals surface area contributed by atoms with Gasteiger partial charge in [-0.25, -0.2) is 0 Å². The van der Waals surface area contributed by atoms with Crippen molar-refractivity contribution in [2.75, 3.05) is 0 Å². The molecule has 0 unspecified atom stereocenters. The molecule has 0 aliphatic carbocycles. The number of aromatic nitrogens is 3. The van der Waals surface area contributed by atoms with E-state index in [4.69, 9.17) is 4.52 Å². The first-order valence-electron chi connectivity index (χ1n) is 6.02. The molecule has 0 saturated carbocycles. The number of thioether (sulfide) groups is 1. The summed E-state index contributed by atoms with van der Waals surface area (Å²) in [6.45, 7) is 0. The number of hydrogen-bond acceptors (Lipinski definition) is 5. The molecule has 0 atom stereocenters. The van der Waals surface area contributed by atoms with E-state index in [2.05, 4.69) is 10.1 Å². The number of nitrogens with zero attached hydrogens (tertiary/aromatic N) is 3. The van der Waals surface area contributed by atoms with E-state index >= 15 is 0 Å². The lowest BCUT2D eigenvalue weighted by atomic mass is 10.2. The molecule has 2 aromatic heterocycles. The molecule has 0 amide bonds. The molecular weight excluding hydrogens is 274 g/mol. The zero-order chi connectivity index (χ0) is 13.8. The average molecular weight is 285 g/mol. The average Bonchev–Trinajstić information content (AvgIpc) is 2.96. The van der Waals surface area contributed by atoms with E-state index in [1.165, 1.54) is 18.0 Å². The van der Waals surface area contributed by atoms with Gasteiger partial charge < -0.3 is 9.73 Å².